The van der Waals surface area contributed by atoms with Crippen molar-refractivity contribution in [1.29, 1.82) is 0 Å². The van der Waals surface area contributed by atoms with Crippen molar-refractivity contribution in [3.63, 3.8) is 0 Å². The maximum atomic E-state index is 12.1. The Balaban J connectivity index is 2.15. The van der Waals surface area contributed by atoms with Gasteiger partial charge in [-0.15, -0.1) is 10.2 Å². The van der Waals surface area contributed by atoms with E-state index in [9.17, 15) is 4.79 Å². The molecule has 2 aromatic rings. The molecule has 0 fully saturated rings. The maximum Gasteiger partial charge on any atom is 0.249 e. The number of nitrogens with one attached hydrogen (secondary N) is 1. The topological polar surface area (TPSA) is 94.0 Å². The van der Waals surface area contributed by atoms with Crippen LogP contribution in [0.1, 0.15) is 25.7 Å². The molecule has 112 valence electrons. The summed E-state index contributed by atoms with van der Waals surface area (Å²) in [4.78, 5) is 12.1. The van der Waals surface area contributed by atoms with E-state index in [-0.39, 0.29) is 11.8 Å². The Morgan fingerprint density at radius 2 is 2.14 bits per heavy atom. The molecular weight excluding hydrogens is 268 g/mol. The van der Waals surface area contributed by atoms with E-state index < -0.39 is 0 Å². The number of nitrogens with zero attached hydrogens (tertiary/aromatic N) is 2. The van der Waals surface area contributed by atoms with Crippen LogP contribution in [0.25, 0.3) is 11.5 Å². The number of anilines is 1. The van der Waals surface area contributed by atoms with Gasteiger partial charge in [-0.1, -0.05) is 25.5 Å². The van der Waals surface area contributed by atoms with Gasteiger partial charge in [-0.3, -0.25) is 4.79 Å². The lowest BCUT2D eigenvalue weighted by atomic mass is 10.0. The number of amides is 1. The second-order valence-electron chi connectivity index (χ2n) is 4.93. The summed E-state index contributed by atoms with van der Waals surface area (Å²) in [7, 11) is 0. The van der Waals surface area contributed by atoms with Crippen molar-refractivity contribution in [2.75, 3.05) is 11.9 Å². The van der Waals surface area contributed by atoms with Crippen LogP contribution in [0.5, 0.6) is 0 Å². The molecule has 0 aliphatic rings. The highest BCUT2D eigenvalue weighted by molar-refractivity contribution is 5.94. The predicted molar refractivity (Wildman–Crippen MR) is 80.6 cm³/mol. The van der Waals surface area contributed by atoms with Gasteiger partial charge in [0, 0.05) is 13.3 Å². The normalized spacial score (nSPS) is 12.1. The average molecular weight is 288 g/mol. The lowest BCUT2D eigenvalue weighted by Gasteiger charge is -2.13. The predicted octanol–water partition coefficient (Wildman–Crippen LogP) is 2.36. The van der Waals surface area contributed by atoms with Crippen molar-refractivity contribution in [2.24, 2.45) is 11.7 Å². The van der Waals surface area contributed by atoms with Crippen LogP contribution in [0.15, 0.2) is 28.7 Å². The first-order valence-electron chi connectivity index (χ1n) is 7.03. The lowest BCUT2D eigenvalue weighted by Crippen LogP contribution is -2.21. The molecule has 0 aliphatic heterocycles. The Morgan fingerprint density at radius 3 is 2.76 bits per heavy atom. The summed E-state index contributed by atoms with van der Waals surface area (Å²) >= 11 is 0. The van der Waals surface area contributed by atoms with Crippen LogP contribution in [0.2, 0.25) is 0 Å². The van der Waals surface area contributed by atoms with Crippen molar-refractivity contribution in [3.05, 3.63) is 30.2 Å². The number of hydrogen-bond donors (Lipinski definition) is 2. The Kier molecular flexibility index (Phi) is 5.05. The van der Waals surface area contributed by atoms with Gasteiger partial charge in [-0.05, 0) is 24.6 Å². The number of aromatic nitrogens is 2. The minimum atomic E-state index is -0.0593. The van der Waals surface area contributed by atoms with E-state index in [2.05, 4.69) is 15.5 Å². The van der Waals surface area contributed by atoms with Gasteiger partial charge in [-0.2, -0.15) is 0 Å². The van der Waals surface area contributed by atoms with Crippen molar-refractivity contribution >= 4 is 11.6 Å². The van der Waals surface area contributed by atoms with Gasteiger partial charge < -0.3 is 15.5 Å². The minimum Gasteiger partial charge on any atom is -0.421 e. The summed E-state index contributed by atoms with van der Waals surface area (Å²) in [6, 6.07) is 7.36. The molecule has 0 bridgehead atoms. The fourth-order valence-electron chi connectivity index (χ4n) is 2.04. The van der Waals surface area contributed by atoms with Crippen LogP contribution in [0.4, 0.5) is 5.69 Å². The van der Waals surface area contributed by atoms with E-state index in [4.69, 9.17) is 10.2 Å². The van der Waals surface area contributed by atoms with E-state index in [1.165, 1.54) is 0 Å². The molecule has 0 saturated heterocycles. The summed E-state index contributed by atoms with van der Waals surface area (Å²) < 4.78 is 5.42. The molecule has 21 heavy (non-hydrogen) atoms. The molecule has 6 heteroatoms. The number of nitrogens with two attached hydrogens (primary N) is 1. The zero-order chi connectivity index (χ0) is 15.2. The van der Waals surface area contributed by atoms with Crippen LogP contribution in [-0.4, -0.2) is 22.6 Å². The number of aryl methyl sites for hydroxylation is 1. The summed E-state index contributed by atoms with van der Waals surface area (Å²) in [6.07, 6.45) is 1.29. The van der Waals surface area contributed by atoms with Gasteiger partial charge in [0.2, 0.25) is 17.7 Å². The number of carbonyl (C=O) groups excluding carboxylic acids is 1. The quantitative estimate of drug-likeness (QED) is 0.851. The van der Waals surface area contributed by atoms with Gasteiger partial charge in [0.1, 0.15) is 0 Å². The second-order valence-corrected chi connectivity index (χ2v) is 4.93. The zero-order valence-electron chi connectivity index (χ0n) is 12.3. The van der Waals surface area contributed by atoms with Crippen LogP contribution in [0.3, 0.4) is 0 Å². The van der Waals surface area contributed by atoms with E-state index in [0.717, 1.165) is 6.42 Å². The molecule has 0 saturated carbocycles. The third-order valence-corrected chi connectivity index (χ3v) is 3.34. The van der Waals surface area contributed by atoms with E-state index >= 15 is 0 Å². The number of hydrogen-bond acceptors (Lipinski definition) is 5. The molecule has 3 N–H and O–H groups in total. The number of rotatable bonds is 6. The smallest absolute Gasteiger partial charge is 0.249 e. The average Bonchev–Trinajstić information content (AvgIpc) is 2.91. The third-order valence-electron chi connectivity index (χ3n) is 3.34. The molecule has 2 rings (SSSR count). The SMILES string of the molecule is CCC(CN)CC(=O)Nc1ccccc1-c1nnc(C)o1. The number of benzene rings is 1. The molecular formula is C15H20N4O2. The molecule has 0 aliphatic carbocycles. The Labute approximate surface area is 123 Å². The molecule has 1 amide bonds. The first-order valence-corrected chi connectivity index (χ1v) is 7.03. The molecule has 1 unspecified atom stereocenters. The van der Waals surface area contributed by atoms with Crippen molar-refractivity contribution in [3.8, 4) is 11.5 Å². The maximum absolute atomic E-state index is 12.1. The molecule has 6 nitrogen and oxygen atoms in total. The Hall–Kier alpha value is -2.21. The van der Waals surface area contributed by atoms with Crippen LogP contribution >= 0.6 is 0 Å². The van der Waals surface area contributed by atoms with E-state index in [1.807, 2.05) is 31.2 Å². The van der Waals surface area contributed by atoms with Gasteiger partial charge in [0.15, 0.2) is 0 Å². The summed E-state index contributed by atoms with van der Waals surface area (Å²) in [5.74, 6) is 1.02. The fraction of sp³-hybridized carbons (Fsp3) is 0.400. The van der Waals surface area contributed by atoms with Crippen LogP contribution in [0, 0.1) is 12.8 Å². The number of carbonyl (C=O) groups is 1. The molecule has 1 heterocycles. The standard InChI is InChI=1S/C15H20N4O2/c1-3-11(9-16)8-14(20)17-13-7-5-4-6-12(13)15-19-18-10(2)21-15/h4-7,11H,3,8-9,16H2,1-2H3,(H,17,20). The zero-order valence-corrected chi connectivity index (χ0v) is 12.3. The highest BCUT2D eigenvalue weighted by Crippen LogP contribution is 2.26. The van der Waals surface area contributed by atoms with Gasteiger partial charge in [-0.25, -0.2) is 0 Å². The summed E-state index contributed by atoms with van der Waals surface area (Å²) in [5, 5.41) is 10.7. The molecule has 0 radical (unpaired) electrons. The Morgan fingerprint density at radius 1 is 1.38 bits per heavy atom. The Bertz CT molecular complexity index is 605. The summed E-state index contributed by atoms with van der Waals surface area (Å²) in [6.45, 7) is 4.26. The molecule has 0 spiro atoms. The first-order chi connectivity index (χ1) is 10.1. The second kappa shape index (κ2) is 6.99. The van der Waals surface area contributed by atoms with E-state index in [0.29, 0.717) is 36.0 Å². The molecule has 1 atom stereocenters. The van der Waals surface area contributed by atoms with Crippen molar-refractivity contribution in [1.82, 2.24) is 10.2 Å². The minimum absolute atomic E-state index is 0.0593. The summed E-state index contributed by atoms with van der Waals surface area (Å²) in [5.41, 5.74) is 7.02. The highest BCUT2D eigenvalue weighted by Gasteiger charge is 2.15. The van der Waals surface area contributed by atoms with Crippen molar-refractivity contribution < 1.29 is 9.21 Å². The fourth-order valence-corrected chi connectivity index (χ4v) is 2.04. The largest absolute Gasteiger partial charge is 0.421 e. The highest BCUT2D eigenvalue weighted by atomic mass is 16.4. The van der Waals surface area contributed by atoms with Gasteiger partial charge in [0.25, 0.3) is 0 Å². The van der Waals surface area contributed by atoms with Crippen molar-refractivity contribution in [2.45, 2.75) is 26.7 Å². The van der Waals surface area contributed by atoms with E-state index in [1.54, 1.807) is 6.92 Å². The van der Waals surface area contributed by atoms with Gasteiger partial charge in [0.05, 0.1) is 11.3 Å². The lowest BCUT2D eigenvalue weighted by molar-refractivity contribution is -0.117. The monoisotopic (exact) mass is 288 g/mol. The van der Waals surface area contributed by atoms with Gasteiger partial charge >= 0.3 is 0 Å². The molecule has 1 aromatic carbocycles. The van der Waals surface area contributed by atoms with Crippen LogP contribution in [-0.2, 0) is 4.79 Å². The molecule has 1 aromatic heterocycles. The third kappa shape index (κ3) is 3.88. The van der Waals surface area contributed by atoms with Crippen LogP contribution < -0.4 is 11.1 Å². The first kappa shape index (κ1) is 15.2. The number of para-hydroxylation sites is 1.